The summed E-state index contributed by atoms with van der Waals surface area (Å²) in [6.45, 7) is 7.20. The van der Waals surface area contributed by atoms with E-state index in [2.05, 4.69) is 9.62 Å². The minimum absolute atomic E-state index is 0.171. The van der Waals surface area contributed by atoms with E-state index in [1.54, 1.807) is 53.1 Å². The van der Waals surface area contributed by atoms with Crippen molar-refractivity contribution in [3.8, 4) is 0 Å². The molecule has 2 aromatic carbocycles. The molecule has 0 bridgehead atoms. The maximum absolute atomic E-state index is 13.3. The number of hydrogen-bond acceptors (Lipinski definition) is 6. The van der Waals surface area contributed by atoms with Crippen molar-refractivity contribution < 1.29 is 22.7 Å². The number of nitrogens with zero attached hydrogens (tertiary/aromatic N) is 3. The lowest BCUT2D eigenvalue weighted by Gasteiger charge is -2.34. The molecule has 9 nitrogen and oxygen atoms in total. The average Bonchev–Trinajstić information content (AvgIpc) is 2.89. The van der Waals surface area contributed by atoms with Gasteiger partial charge in [-0.25, -0.2) is 13.2 Å². The topological polar surface area (TPSA) is 99.3 Å². The predicted molar refractivity (Wildman–Crippen MR) is 139 cm³/mol. The van der Waals surface area contributed by atoms with E-state index in [4.69, 9.17) is 4.74 Å². The molecule has 2 fully saturated rings. The molecule has 2 aliphatic rings. The normalized spacial score (nSPS) is 16.6. The van der Waals surface area contributed by atoms with E-state index in [0.717, 1.165) is 43.6 Å². The lowest BCUT2D eigenvalue weighted by atomic mass is 10.1. The molecule has 2 aromatic rings. The van der Waals surface area contributed by atoms with E-state index in [1.165, 1.54) is 0 Å². The predicted octanol–water partition coefficient (Wildman–Crippen LogP) is 3.70. The zero-order valence-electron chi connectivity index (χ0n) is 20.9. The Kier molecular flexibility index (Phi) is 8.03. The quantitative estimate of drug-likeness (QED) is 0.631. The number of ether oxygens (including phenoxy) is 1. The van der Waals surface area contributed by atoms with Crippen LogP contribution in [0.1, 0.15) is 42.1 Å². The summed E-state index contributed by atoms with van der Waals surface area (Å²) in [7, 11) is -3.84. The van der Waals surface area contributed by atoms with Crippen LogP contribution in [0, 0.1) is 6.92 Å². The van der Waals surface area contributed by atoms with Crippen LogP contribution in [-0.4, -0.2) is 76.1 Å². The number of benzene rings is 2. The van der Waals surface area contributed by atoms with Crippen molar-refractivity contribution in [2.45, 2.75) is 38.0 Å². The highest BCUT2D eigenvalue weighted by molar-refractivity contribution is 7.92. The van der Waals surface area contributed by atoms with Crippen LogP contribution in [-0.2, 0) is 14.8 Å². The number of piperazine rings is 1. The van der Waals surface area contributed by atoms with Crippen LogP contribution in [0.3, 0.4) is 0 Å². The van der Waals surface area contributed by atoms with Gasteiger partial charge in [0.1, 0.15) is 0 Å². The highest BCUT2D eigenvalue weighted by Crippen LogP contribution is 2.32. The van der Waals surface area contributed by atoms with Crippen LogP contribution in [0.4, 0.5) is 16.2 Å². The van der Waals surface area contributed by atoms with E-state index in [9.17, 15) is 18.0 Å². The SMILES string of the molecule is CCOC(=O)N1CCN(C(=O)c2ccc(N3CCCCC3)c(NS(=O)(=O)c3ccc(C)cc3)c2)CC1. The zero-order valence-corrected chi connectivity index (χ0v) is 21.7. The number of rotatable bonds is 6. The number of amides is 2. The lowest BCUT2D eigenvalue weighted by molar-refractivity contribution is 0.0570. The average molecular weight is 515 g/mol. The number of sulfonamides is 1. The number of hydrogen-bond donors (Lipinski definition) is 1. The maximum atomic E-state index is 13.3. The van der Waals surface area contributed by atoms with Crippen LogP contribution in [0.15, 0.2) is 47.4 Å². The van der Waals surface area contributed by atoms with Crippen molar-refractivity contribution in [2.75, 3.05) is 55.5 Å². The van der Waals surface area contributed by atoms with Crippen molar-refractivity contribution >= 4 is 33.4 Å². The fraction of sp³-hybridized carbons (Fsp3) is 0.462. The fourth-order valence-electron chi connectivity index (χ4n) is 4.57. The smallest absolute Gasteiger partial charge is 0.409 e. The molecule has 10 heteroatoms. The monoisotopic (exact) mass is 514 g/mol. The van der Waals surface area contributed by atoms with Gasteiger partial charge < -0.3 is 19.4 Å². The third-order valence-electron chi connectivity index (χ3n) is 6.61. The third-order valence-corrected chi connectivity index (χ3v) is 7.99. The summed E-state index contributed by atoms with van der Waals surface area (Å²) in [6, 6.07) is 11.9. The van der Waals surface area contributed by atoms with E-state index in [0.29, 0.717) is 44.0 Å². The Morgan fingerprint density at radius 1 is 0.889 bits per heavy atom. The first-order valence-electron chi connectivity index (χ1n) is 12.5. The van der Waals surface area contributed by atoms with Crippen LogP contribution >= 0.6 is 0 Å². The van der Waals surface area contributed by atoms with Gasteiger partial charge in [-0.15, -0.1) is 0 Å². The van der Waals surface area contributed by atoms with Gasteiger partial charge >= 0.3 is 6.09 Å². The van der Waals surface area contributed by atoms with E-state index >= 15 is 0 Å². The van der Waals surface area contributed by atoms with Crippen molar-refractivity contribution in [1.82, 2.24) is 9.80 Å². The molecule has 0 aliphatic carbocycles. The van der Waals surface area contributed by atoms with Crippen LogP contribution in [0.2, 0.25) is 0 Å². The molecule has 0 atom stereocenters. The first kappa shape index (κ1) is 25.8. The second kappa shape index (κ2) is 11.2. The molecule has 0 spiro atoms. The molecule has 2 amide bonds. The Morgan fingerprint density at radius 2 is 1.53 bits per heavy atom. The molecule has 36 heavy (non-hydrogen) atoms. The molecule has 2 saturated heterocycles. The molecular weight excluding hydrogens is 480 g/mol. The van der Waals surface area contributed by atoms with Gasteiger partial charge in [0.2, 0.25) is 0 Å². The molecule has 0 radical (unpaired) electrons. The van der Waals surface area contributed by atoms with Crippen molar-refractivity contribution in [3.63, 3.8) is 0 Å². The first-order chi connectivity index (χ1) is 17.3. The fourth-order valence-corrected chi connectivity index (χ4v) is 5.64. The second-order valence-electron chi connectivity index (χ2n) is 9.18. The molecule has 194 valence electrons. The van der Waals surface area contributed by atoms with Gasteiger partial charge in [0, 0.05) is 44.8 Å². The summed E-state index contributed by atoms with van der Waals surface area (Å²) in [5.41, 5.74) is 2.54. The minimum atomic E-state index is -3.84. The Hall–Kier alpha value is -3.27. The van der Waals surface area contributed by atoms with E-state index < -0.39 is 10.0 Å². The maximum Gasteiger partial charge on any atom is 0.409 e. The summed E-state index contributed by atoms with van der Waals surface area (Å²) in [6.07, 6.45) is 2.85. The first-order valence-corrected chi connectivity index (χ1v) is 14.0. The van der Waals surface area contributed by atoms with Gasteiger partial charge in [0.15, 0.2) is 0 Å². The van der Waals surface area contributed by atoms with Gasteiger partial charge in [-0.2, -0.15) is 0 Å². The van der Waals surface area contributed by atoms with Crippen molar-refractivity contribution in [1.29, 1.82) is 0 Å². The van der Waals surface area contributed by atoms with Crippen LogP contribution in [0.5, 0.6) is 0 Å². The Morgan fingerprint density at radius 3 is 2.17 bits per heavy atom. The Labute approximate surface area is 213 Å². The third kappa shape index (κ3) is 5.92. The molecule has 0 aromatic heterocycles. The number of carbonyl (C=O) groups excluding carboxylic acids is 2. The zero-order chi connectivity index (χ0) is 25.7. The van der Waals surface area contributed by atoms with Gasteiger partial charge in [-0.05, 0) is 63.4 Å². The van der Waals surface area contributed by atoms with E-state index in [1.807, 2.05) is 13.0 Å². The lowest BCUT2D eigenvalue weighted by Crippen LogP contribution is -2.50. The highest BCUT2D eigenvalue weighted by Gasteiger charge is 2.27. The number of anilines is 2. The highest BCUT2D eigenvalue weighted by atomic mass is 32.2. The second-order valence-corrected chi connectivity index (χ2v) is 10.9. The largest absolute Gasteiger partial charge is 0.450 e. The summed E-state index contributed by atoms with van der Waals surface area (Å²) in [4.78, 5) is 30.9. The number of aryl methyl sites for hydroxylation is 1. The standard InChI is InChI=1S/C26H34N4O5S/c1-3-35-26(32)30-17-15-29(16-18-30)25(31)21-9-12-24(28-13-5-4-6-14-28)23(19-21)27-36(33,34)22-10-7-20(2)8-11-22/h7-12,19,27H,3-6,13-18H2,1-2H3. The summed E-state index contributed by atoms with van der Waals surface area (Å²) >= 11 is 0. The van der Waals surface area contributed by atoms with Crippen molar-refractivity contribution in [2.24, 2.45) is 0 Å². The molecule has 1 N–H and O–H groups in total. The van der Waals surface area contributed by atoms with Gasteiger partial charge in [-0.1, -0.05) is 17.7 Å². The molecule has 2 heterocycles. The number of nitrogens with one attached hydrogen (secondary N) is 1. The van der Waals surface area contributed by atoms with Crippen LogP contribution < -0.4 is 9.62 Å². The number of piperidine rings is 1. The summed E-state index contributed by atoms with van der Waals surface area (Å²) in [5, 5.41) is 0. The number of carbonyl (C=O) groups is 2. The minimum Gasteiger partial charge on any atom is -0.450 e. The molecule has 0 saturated carbocycles. The van der Waals surface area contributed by atoms with Gasteiger partial charge in [-0.3, -0.25) is 9.52 Å². The van der Waals surface area contributed by atoms with E-state index in [-0.39, 0.29) is 16.9 Å². The van der Waals surface area contributed by atoms with Gasteiger partial charge in [0.25, 0.3) is 15.9 Å². The van der Waals surface area contributed by atoms with Crippen LogP contribution in [0.25, 0.3) is 0 Å². The Balaban J connectivity index is 1.57. The summed E-state index contributed by atoms with van der Waals surface area (Å²) in [5.74, 6) is -0.195. The molecule has 4 rings (SSSR count). The Bertz CT molecular complexity index is 1190. The molecular formula is C26H34N4O5S. The molecule has 0 unspecified atom stereocenters. The molecule has 2 aliphatic heterocycles. The van der Waals surface area contributed by atoms with Crippen molar-refractivity contribution in [3.05, 3.63) is 53.6 Å². The summed E-state index contributed by atoms with van der Waals surface area (Å²) < 4.78 is 34.2. The van der Waals surface area contributed by atoms with Gasteiger partial charge in [0.05, 0.1) is 22.9 Å².